The highest BCUT2D eigenvalue weighted by Crippen LogP contribution is 2.47. The van der Waals surface area contributed by atoms with E-state index in [-0.39, 0.29) is 18.6 Å². The number of carbonyl (C=O) groups is 1. The average molecular weight is 341 g/mol. The molecule has 0 radical (unpaired) electrons. The van der Waals surface area contributed by atoms with Crippen LogP contribution in [0.3, 0.4) is 0 Å². The summed E-state index contributed by atoms with van der Waals surface area (Å²) in [5.41, 5.74) is 2.73. The highest BCUT2D eigenvalue weighted by atomic mass is 16.7. The average Bonchev–Trinajstić information content (AvgIpc) is 3.11. The number of benzene rings is 1. The van der Waals surface area contributed by atoms with Crippen LogP contribution in [0.1, 0.15) is 34.1 Å². The number of nitrogens with one attached hydrogen (secondary N) is 1. The molecule has 0 aliphatic carbocycles. The van der Waals surface area contributed by atoms with Gasteiger partial charge in [0, 0.05) is 12.6 Å². The van der Waals surface area contributed by atoms with E-state index in [1.807, 2.05) is 18.2 Å². The minimum atomic E-state index is 0.00251. The highest BCUT2D eigenvalue weighted by molar-refractivity contribution is 5.94. The summed E-state index contributed by atoms with van der Waals surface area (Å²) >= 11 is 0. The van der Waals surface area contributed by atoms with Gasteiger partial charge in [-0.25, -0.2) is 0 Å². The summed E-state index contributed by atoms with van der Waals surface area (Å²) < 4.78 is 16.8. The fourth-order valence-corrected chi connectivity index (χ4v) is 3.72. The van der Waals surface area contributed by atoms with Crippen LogP contribution in [0.2, 0.25) is 0 Å². The Morgan fingerprint density at radius 3 is 3.04 bits per heavy atom. The van der Waals surface area contributed by atoms with Gasteiger partial charge in [-0.2, -0.15) is 0 Å². The number of rotatable bonds is 4. The molecule has 0 saturated heterocycles. The minimum absolute atomic E-state index is 0.00251. The third kappa shape index (κ3) is 2.72. The maximum Gasteiger partial charge on any atom is 0.231 e. The Morgan fingerprint density at radius 1 is 1.40 bits per heavy atom. The minimum Gasteiger partial charge on any atom is -0.492 e. The number of hydrogen-bond acceptors (Lipinski definition) is 5. The third-order valence-electron chi connectivity index (χ3n) is 5.02. The Balaban J connectivity index is 1.74. The maximum atomic E-state index is 12.7. The SMILES string of the molecule is COc1c2c(cc3c1[C@@H](CC(=O)c1ccccn1)[NH+](C)CC3)OCO2. The van der Waals surface area contributed by atoms with Crippen molar-refractivity contribution in [1.29, 1.82) is 0 Å². The molecule has 4 rings (SSSR count). The molecule has 6 heteroatoms. The summed E-state index contributed by atoms with van der Waals surface area (Å²) in [5.74, 6) is 2.11. The van der Waals surface area contributed by atoms with Crippen LogP contribution in [0.25, 0.3) is 0 Å². The van der Waals surface area contributed by atoms with Crippen molar-refractivity contribution < 1.29 is 23.9 Å². The first-order chi connectivity index (χ1) is 12.2. The van der Waals surface area contributed by atoms with Crippen molar-refractivity contribution in [3.8, 4) is 17.2 Å². The van der Waals surface area contributed by atoms with Crippen molar-refractivity contribution in [1.82, 2.24) is 4.98 Å². The largest absolute Gasteiger partial charge is 0.492 e. The van der Waals surface area contributed by atoms with Gasteiger partial charge in [0.05, 0.1) is 32.7 Å². The highest BCUT2D eigenvalue weighted by Gasteiger charge is 2.37. The van der Waals surface area contributed by atoms with E-state index in [4.69, 9.17) is 14.2 Å². The Morgan fingerprint density at radius 2 is 2.28 bits per heavy atom. The molecule has 1 N–H and O–H groups in total. The van der Waals surface area contributed by atoms with Crippen LogP contribution < -0.4 is 19.1 Å². The normalized spacial score (nSPS) is 20.9. The Labute approximate surface area is 146 Å². The number of hydrogen-bond donors (Lipinski definition) is 1. The number of carbonyl (C=O) groups excluding carboxylic acids is 1. The summed E-state index contributed by atoms with van der Waals surface area (Å²) in [6, 6.07) is 7.45. The van der Waals surface area contributed by atoms with Gasteiger partial charge in [0.15, 0.2) is 17.3 Å². The second-order valence-corrected chi connectivity index (χ2v) is 6.46. The molecular weight excluding hydrogens is 320 g/mol. The van der Waals surface area contributed by atoms with Crippen molar-refractivity contribution >= 4 is 5.78 Å². The van der Waals surface area contributed by atoms with Crippen LogP contribution in [0, 0.1) is 0 Å². The van der Waals surface area contributed by atoms with Crippen LogP contribution in [0.4, 0.5) is 0 Å². The molecule has 0 fully saturated rings. The van der Waals surface area contributed by atoms with Gasteiger partial charge >= 0.3 is 0 Å². The fraction of sp³-hybridized carbons (Fsp3) is 0.368. The van der Waals surface area contributed by atoms with Crippen LogP contribution in [-0.2, 0) is 6.42 Å². The summed E-state index contributed by atoms with van der Waals surface area (Å²) in [5, 5.41) is 0. The van der Waals surface area contributed by atoms with Crippen molar-refractivity contribution in [3.05, 3.63) is 47.3 Å². The van der Waals surface area contributed by atoms with E-state index in [0.29, 0.717) is 23.6 Å². The molecule has 2 aromatic rings. The smallest absolute Gasteiger partial charge is 0.231 e. The van der Waals surface area contributed by atoms with E-state index in [1.54, 1.807) is 19.4 Å². The molecule has 2 atom stereocenters. The van der Waals surface area contributed by atoms with Gasteiger partial charge in [0.25, 0.3) is 0 Å². The molecule has 0 bridgehead atoms. The topological polar surface area (TPSA) is 62.1 Å². The number of fused-ring (bicyclic) bond motifs is 2. The lowest BCUT2D eigenvalue weighted by Crippen LogP contribution is -3.10. The number of aromatic nitrogens is 1. The molecular formula is C19H21N2O4+. The number of Topliss-reactive ketones (excluding diaryl/α,β-unsaturated/α-hetero) is 1. The molecule has 130 valence electrons. The van der Waals surface area contributed by atoms with Crippen molar-refractivity contribution in [2.24, 2.45) is 0 Å². The molecule has 2 aliphatic heterocycles. The maximum absolute atomic E-state index is 12.7. The van der Waals surface area contributed by atoms with Crippen LogP contribution in [0.5, 0.6) is 17.2 Å². The Bertz CT molecular complexity index is 807. The van der Waals surface area contributed by atoms with Crippen LogP contribution >= 0.6 is 0 Å². The molecule has 1 unspecified atom stereocenters. The summed E-state index contributed by atoms with van der Waals surface area (Å²) in [6.07, 6.45) is 2.95. The molecule has 0 amide bonds. The van der Waals surface area contributed by atoms with E-state index < -0.39 is 0 Å². The standard InChI is InChI=1S/C19H20N2O4/c1-21-8-6-12-9-16-18(25-11-24-16)19(23-2)17(12)14(21)10-15(22)13-5-3-4-7-20-13/h3-5,7,9,14H,6,8,10-11H2,1-2H3/p+1/t14-/m1/s1. The lowest BCUT2D eigenvalue weighted by Gasteiger charge is -2.32. The Hall–Kier alpha value is -2.60. The molecule has 0 saturated carbocycles. The molecule has 1 aromatic carbocycles. The quantitative estimate of drug-likeness (QED) is 0.847. The predicted octanol–water partition coefficient (Wildman–Crippen LogP) is 1.20. The summed E-state index contributed by atoms with van der Waals surface area (Å²) in [6.45, 7) is 1.16. The van der Waals surface area contributed by atoms with Crippen molar-refractivity contribution in [2.45, 2.75) is 18.9 Å². The van der Waals surface area contributed by atoms with Gasteiger partial charge < -0.3 is 19.1 Å². The number of ketones is 1. The summed E-state index contributed by atoms with van der Waals surface area (Å²) in [4.78, 5) is 18.2. The number of quaternary nitrogens is 1. The van der Waals surface area contributed by atoms with Gasteiger partial charge in [-0.15, -0.1) is 0 Å². The van der Waals surface area contributed by atoms with E-state index in [0.717, 1.165) is 24.3 Å². The second-order valence-electron chi connectivity index (χ2n) is 6.46. The van der Waals surface area contributed by atoms with E-state index in [1.165, 1.54) is 10.5 Å². The number of methoxy groups -OCH3 is 1. The molecule has 2 aliphatic rings. The number of nitrogens with zero attached hydrogens (tertiary/aromatic N) is 1. The zero-order chi connectivity index (χ0) is 17.4. The van der Waals surface area contributed by atoms with Gasteiger partial charge in [-0.3, -0.25) is 9.78 Å². The Kier molecular flexibility index (Phi) is 4.05. The zero-order valence-corrected chi connectivity index (χ0v) is 14.4. The monoisotopic (exact) mass is 341 g/mol. The molecule has 6 nitrogen and oxygen atoms in total. The first-order valence-electron chi connectivity index (χ1n) is 8.45. The molecule has 0 spiro atoms. The van der Waals surface area contributed by atoms with Gasteiger partial charge in [0.2, 0.25) is 12.5 Å². The summed E-state index contributed by atoms with van der Waals surface area (Å²) in [7, 11) is 3.75. The molecule has 1 aromatic heterocycles. The van der Waals surface area contributed by atoms with Gasteiger partial charge in [-0.05, 0) is 23.8 Å². The number of likely N-dealkylation sites (N-methyl/N-ethyl adjacent to an activating group) is 1. The number of ether oxygens (including phenoxy) is 3. The molecule has 25 heavy (non-hydrogen) atoms. The molecule has 3 heterocycles. The second kappa shape index (κ2) is 6.37. The zero-order valence-electron chi connectivity index (χ0n) is 14.4. The van der Waals surface area contributed by atoms with Crippen molar-refractivity contribution in [3.63, 3.8) is 0 Å². The van der Waals surface area contributed by atoms with E-state index in [9.17, 15) is 4.79 Å². The first-order valence-corrected chi connectivity index (χ1v) is 8.45. The lowest BCUT2D eigenvalue weighted by atomic mass is 9.88. The van der Waals surface area contributed by atoms with E-state index in [2.05, 4.69) is 12.0 Å². The van der Waals surface area contributed by atoms with Gasteiger partial charge in [-0.1, -0.05) is 6.07 Å². The van der Waals surface area contributed by atoms with Crippen LogP contribution in [0.15, 0.2) is 30.5 Å². The predicted molar refractivity (Wildman–Crippen MR) is 90.5 cm³/mol. The van der Waals surface area contributed by atoms with Gasteiger partial charge in [0.1, 0.15) is 11.7 Å². The van der Waals surface area contributed by atoms with E-state index >= 15 is 0 Å². The first kappa shape index (κ1) is 15.9. The van der Waals surface area contributed by atoms with Crippen LogP contribution in [-0.4, -0.2) is 38.3 Å². The fourth-order valence-electron chi connectivity index (χ4n) is 3.72. The number of pyridine rings is 1. The van der Waals surface area contributed by atoms with Crippen molar-refractivity contribution in [2.75, 3.05) is 27.5 Å². The third-order valence-corrected chi connectivity index (χ3v) is 5.02. The lowest BCUT2D eigenvalue weighted by molar-refractivity contribution is -0.913.